The van der Waals surface area contributed by atoms with Gasteiger partial charge in [-0.15, -0.1) is 0 Å². The SMILES string of the molecule is COC(C)CN1CCN(C(C)C)CC1=O. The fourth-order valence-electron chi connectivity index (χ4n) is 1.75. The van der Waals surface area contributed by atoms with E-state index in [1.54, 1.807) is 7.11 Å². The highest BCUT2D eigenvalue weighted by Gasteiger charge is 2.25. The van der Waals surface area contributed by atoms with Crippen molar-refractivity contribution in [2.24, 2.45) is 0 Å². The molecule has 4 heteroatoms. The van der Waals surface area contributed by atoms with Gasteiger partial charge in [0.2, 0.25) is 5.91 Å². The second kappa shape index (κ2) is 5.47. The predicted octanol–water partition coefficient (Wildman–Crippen LogP) is 0.574. The first-order valence-electron chi connectivity index (χ1n) is 5.59. The largest absolute Gasteiger partial charge is 0.380 e. The number of carbonyl (C=O) groups is 1. The van der Waals surface area contributed by atoms with Crippen LogP contribution in [0.5, 0.6) is 0 Å². The van der Waals surface area contributed by atoms with Crippen molar-refractivity contribution < 1.29 is 9.53 Å². The zero-order valence-corrected chi connectivity index (χ0v) is 10.2. The van der Waals surface area contributed by atoms with Crippen molar-refractivity contribution >= 4 is 5.91 Å². The van der Waals surface area contributed by atoms with Crippen LogP contribution in [0, 0.1) is 0 Å². The number of hydrogen-bond acceptors (Lipinski definition) is 3. The molecule has 4 nitrogen and oxygen atoms in total. The third-order valence-electron chi connectivity index (χ3n) is 2.96. The molecule has 1 saturated heterocycles. The Morgan fingerprint density at radius 2 is 2.00 bits per heavy atom. The van der Waals surface area contributed by atoms with Crippen molar-refractivity contribution in [2.45, 2.75) is 32.9 Å². The maximum atomic E-state index is 11.8. The molecule has 0 aliphatic carbocycles. The van der Waals surface area contributed by atoms with E-state index in [1.165, 1.54) is 0 Å². The number of methoxy groups -OCH3 is 1. The third kappa shape index (κ3) is 3.47. The van der Waals surface area contributed by atoms with Crippen molar-refractivity contribution in [1.29, 1.82) is 0 Å². The van der Waals surface area contributed by atoms with E-state index >= 15 is 0 Å². The molecule has 0 aromatic rings. The highest BCUT2D eigenvalue weighted by molar-refractivity contribution is 5.79. The second-order valence-electron chi connectivity index (χ2n) is 4.45. The summed E-state index contributed by atoms with van der Waals surface area (Å²) in [6.07, 6.45) is 0.125. The lowest BCUT2D eigenvalue weighted by atomic mass is 10.2. The fraction of sp³-hybridized carbons (Fsp3) is 0.909. The summed E-state index contributed by atoms with van der Waals surface area (Å²) in [7, 11) is 1.68. The summed E-state index contributed by atoms with van der Waals surface area (Å²) >= 11 is 0. The van der Waals surface area contributed by atoms with E-state index in [2.05, 4.69) is 18.7 Å². The summed E-state index contributed by atoms with van der Waals surface area (Å²) in [4.78, 5) is 15.9. The maximum Gasteiger partial charge on any atom is 0.236 e. The van der Waals surface area contributed by atoms with Crippen molar-refractivity contribution in [3.8, 4) is 0 Å². The minimum absolute atomic E-state index is 0.125. The molecule has 1 rings (SSSR count). The van der Waals surface area contributed by atoms with Gasteiger partial charge in [-0.25, -0.2) is 0 Å². The highest BCUT2D eigenvalue weighted by atomic mass is 16.5. The van der Waals surface area contributed by atoms with E-state index in [-0.39, 0.29) is 12.0 Å². The van der Waals surface area contributed by atoms with Crippen LogP contribution >= 0.6 is 0 Å². The number of piperazine rings is 1. The Balaban J connectivity index is 2.42. The molecule has 1 aliphatic rings. The first-order valence-corrected chi connectivity index (χ1v) is 5.59. The molecule has 0 N–H and O–H groups in total. The minimum Gasteiger partial charge on any atom is -0.380 e. The van der Waals surface area contributed by atoms with Gasteiger partial charge >= 0.3 is 0 Å². The molecule has 1 heterocycles. The zero-order chi connectivity index (χ0) is 11.4. The fourth-order valence-corrected chi connectivity index (χ4v) is 1.75. The highest BCUT2D eigenvalue weighted by Crippen LogP contribution is 2.08. The van der Waals surface area contributed by atoms with Gasteiger partial charge in [0.1, 0.15) is 0 Å². The van der Waals surface area contributed by atoms with Crippen molar-refractivity contribution in [3.05, 3.63) is 0 Å². The Morgan fingerprint density at radius 1 is 1.33 bits per heavy atom. The molecule has 1 unspecified atom stereocenters. The first kappa shape index (κ1) is 12.5. The number of hydrogen-bond donors (Lipinski definition) is 0. The molecule has 0 spiro atoms. The van der Waals surface area contributed by atoms with E-state index in [0.717, 1.165) is 13.1 Å². The van der Waals surface area contributed by atoms with Crippen LogP contribution in [0.2, 0.25) is 0 Å². The number of amides is 1. The standard InChI is InChI=1S/C11H22N2O2/c1-9(2)12-5-6-13(11(14)8-12)7-10(3)15-4/h9-10H,5-8H2,1-4H3. The van der Waals surface area contributed by atoms with E-state index in [1.807, 2.05) is 11.8 Å². The Kier molecular flexibility index (Phi) is 4.54. The smallest absolute Gasteiger partial charge is 0.236 e. The van der Waals surface area contributed by atoms with Crippen LogP contribution in [0.15, 0.2) is 0 Å². The summed E-state index contributed by atoms with van der Waals surface area (Å²) in [6, 6.07) is 0.455. The molecule has 1 aliphatic heterocycles. The average Bonchev–Trinajstić information content (AvgIpc) is 2.20. The normalized spacial score (nSPS) is 21.1. The Bertz CT molecular complexity index is 219. The van der Waals surface area contributed by atoms with Gasteiger partial charge in [0.05, 0.1) is 12.6 Å². The molecule has 88 valence electrons. The lowest BCUT2D eigenvalue weighted by Gasteiger charge is -2.37. The van der Waals surface area contributed by atoms with Gasteiger partial charge in [0.15, 0.2) is 0 Å². The zero-order valence-electron chi connectivity index (χ0n) is 10.2. The minimum atomic E-state index is 0.125. The molecular weight excluding hydrogens is 192 g/mol. The van der Waals surface area contributed by atoms with Crippen LogP contribution in [-0.4, -0.2) is 61.1 Å². The molecule has 0 radical (unpaired) electrons. The topological polar surface area (TPSA) is 32.8 Å². The van der Waals surface area contributed by atoms with E-state index in [9.17, 15) is 4.79 Å². The lowest BCUT2D eigenvalue weighted by Crippen LogP contribution is -2.53. The van der Waals surface area contributed by atoms with Gasteiger partial charge in [-0.05, 0) is 20.8 Å². The van der Waals surface area contributed by atoms with Gasteiger partial charge in [0.25, 0.3) is 0 Å². The van der Waals surface area contributed by atoms with Crippen LogP contribution < -0.4 is 0 Å². The molecule has 1 atom stereocenters. The molecule has 1 fully saturated rings. The van der Waals surface area contributed by atoms with Crippen LogP contribution in [0.25, 0.3) is 0 Å². The molecule has 1 amide bonds. The Labute approximate surface area is 92.2 Å². The Hall–Kier alpha value is -0.610. The van der Waals surface area contributed by atoms with E-state index < -0.39 is 0 Å². The van der Waals surface area contributed by atoms with Crippen LogP contribution in [0.3, 0.4) is 0 Å². The number of carbonyl (C=O) groups excluding carboxylic acids is 1. The van der Waals surface area contributed by atoms with Crippen LogP contribution in [0.1, 0.15) is 20.8 Å². The molecule has 15 heavy (non-hydrogen) atoms. The van der Waals surface area contributed by atoms with Crippen molar-refractivity contribution in [3.63, 3.8) is 0 Å². The average molecular weight is 214 g/mol. The van der Waals surface area contributed by atoms with Crippen molar-refractivity contribution in [2.75, 3.05) is 33.3 Å². The molecular formula is C11H22N2O2. The second-order valence-corrected chi connectivity index (χ2v) is 4.45. The maximum absolute atomic E-state index is 11.8. The van der Waals surface area contributed by atoms with Crippen LogP contribution in [0.4, 0.5) is 0 Å². The molecule has 0 aromatic heterocycles. The number of ether oxygens (including phenoxy) is 1. The Morgan fingerprint density at radius 3 is 2.47 bits per heavy atom. The van der Waals surface area contributed by atoms with Crippen LogP contribution in [-0.2, 0) is 9.53 Å². The molecule has 0 bridgehead atoms. The number of nitrogens with zero attached hydrogens (tertiary/aromatic N) is 2. The summed E-state index contributed by atoms with van der Waals surface area (Å²) in [6.45, 7) is 9.30. The summed E-state index contributed by atoms with van der Waals surface area (Å²) in [5.41, 5.74) is 0. The van der Waals surface area contributed by atoms with E-state index in [0.29, 0.717) is 19.1 Å². The summed E-state index contributed by atoms with van der Waals surface area (Å²) in [5, 5.41) is 0. The van der Waals surface area contributed by atoms with Gasteiger partial charge in [-0.1, -0.05) is 0 Å². The predicted molar refractivity (Wildman–Crippen MR) is 59.8 cm³/mol. The third-order valence-corrected chi connectivity index (χ3v) is 2.96. The van der Waals surface area contributed by atoms with Gasteiger partial charge in [-0.3, -0.25) is 9.69 Å². The first-order chi connectivity index (χ1) is 7.04. The van der Waals surface area contributed by atoms with Gasteiger partial charge in [-0.2, -0.15) is 0 Å². The van der Waals surface area contributed by atoms with Gasteiger partial charge < -0.3 is 9.64 Å². The summed E-state index contributed by atoms with van der Waals surface area (Å²) in [5.74, 6) is 0.221. The summed E-state index contributed by atoms with van der Waals surface area (Å²) < 4.78 is 5.17. The quantitative estimate of drug-likeness (QED) is 0.686. The van der Waals surface area contributed by atoms with E-state index in [4.69, 9.17) is 4.74 Å². The lowest BCUT2D eigenvalue weighted by molar-refractivity contribution is -0.138. The monoisotopic (exact) mass is 214 g/mol. The molecule has 0 aromatic carbocycles. The van der Waals surface area contributed by atoms with Crippen molar-refractivity contribution in [1.82, 2.24) is 9.80 Å². The van der Waals surface area contributed by atoms with Gasteiger partial charge in [0, 0.05) is 32.8 Å². The molecule has 0 saturated carbocycles. The number of rotatable bonds is 4.